The number of fused-ring (bicyclic) bond motifs is 1. The van der Waals surface area contributed by atoms with Gasteiger partial charge >= 0.3 is 0 Å². The van der Waals surface area contributed by atoms with Crippen molar-refractivity contribution in [1.82, 2.24) is 9.80 Å². The minimum absolute atomic E-state index is 0.0492. The third kappa shape index (κ3) is 9.86. The fourth-order valence-corrected chi connectivity index (χ4v) is 6.16. The molecule has 45 heavy (non-hydrogen) atoms. The van der Waals surface area contributed by atoms with E-state index in [1.165, 1.54) is 11.1 Å². The fraction of sp³-hybridized carbons (Fsp3) is 0.333. The lowest BCUT2D eigenvalue weighted by atomic mass is 9.95. The number of hydrogen-bond donors (Lipinski definition) is 2. The van der Waals surface area contributed by atoms with Gasteiger partial charge in [0.15, 0.2) is 0 Å². The predicted octanol–water partition coefficient (Wildman–Crippen LogP) is 6.97. The van der Waals surface area contributed by atoms with Gasteiger partial charge < -0.3 is 24.4 Å². The Bertz CT molecular complexity index is 1540. The van der Waals surface area contributed by atoms with Crippen molar-refractivity contribution in [2.45, 2.75) is 25.3 Å². The Balaban J connectivity index is 0.000000205. The van der Waals surface area contributed by atoms with Crippen LogP contribution in [0.15, 0.2) is 93.9 Å². The Morgan fingerprint density at radius 2 is 1.62 bits per heavy atom. The summed E-state index contributed by atoms with van der Waals surface area (Å²) in [7, 11) is 7.37. The van der Waals surface area contributed by atoms with Gasteiger partial charge in [-0.2, -0.15) is 0 Å². The normalized spacial score (nSPS) is 15.7. The molecular formula is C36H42Br2N2O5. The van der Waals surface area contributed by atoms with Gasteiger partial charge in [0.05, 0.1) is 27.4 Å². The Morgan fingerprint density at radius 1 is 0.933 bits per heavy atom. The second-order valence-corrected chi connectivity index (χ2v) is 12.9. The Hall–Kier alpha value is -2.76. The second-order valence-electron chi connectivity index (χ2n) is 11.1. The number of aliphatic hydroxyl groups excluding tert-OH is 2. The monoisotopic (exact) mass is 740 g/mol. The van der Waals surface area contributed by atoms with Gasteiger partial charge in [0.2, 0.25) is 0 Å². The highest BCUT2D eigenvalue weighted by Gasteiger charge is 2.22. The maximum atomic E-state index is 10.8. The molecule has 1 aliphatic heterocycles. The lowest BCUT2D eigenvalue weighted by Gasteiger charge is -2.28. The van der Waals surface area contributed by atoms with Gasteiger partial charge in [0.1, 0.15) is 23.7 Å². The molecule has 7 nitrogen and oxygen atoms in total. The van der Waals surface area contributed by atoms with E-state index in [0.29, 0.717) is 19.7 Å². The first-order chi connectivity index (χ1) is 21.7. The molecule has 4 aromatic rings. The Labute approximate surface area is 283 Å². The molecule has 1 heterocycles. The van der Waals surface area contributed by atoms with Crippen LogP contribution < -0.4 is 9.47 Å². The van der Waals surface area contributed by atoms with E-state index in [1.807, 2.05) is 66.5 Å². The fourth-order valence-electron chi connectivity index (χ4n) is 5.34. The largest absolute Gasteiger partial charge is 0.497 e. The van der Waals surface area contributed by atoms with Crippen LogP contribution in [0.3, 0.4) is 0 Å². The van der Waals surface area contributed by atoms with Gasteiger partial charge in [0, 0.05) is 35.1 Å². The first-order valence-electron chi connectivity index (χ1n) is 14.8. The van der Waals surface area contributed by atoms with Crippen molar-refractivity contribution >= 4 is 31.9 Å². The van der Waals surface area contributed by atoms with Crippen LogP contribution in [0.2, 0.25) is 0 Å². The standard InChI is InChI=1S/C18H22BrNO3.C18H20BrNO2/c1-20(8-9-21)12-14-10-15(19)6-7-17(14)18(22)13-4-3-5-16(11-13)23-2;1-20-8-9-22-18(13-4-3-5-16(11-13)21-2)17-7-6-15(19)10-14(17)12-20/h3-7,10-11,18,21-22H,8-9,12H2,1-2H3;3-7,10-11,18H,8-9,12H2,1-2H3. The maximum Gasteiger partial charge on any atom is 0.119 e. The average molecular weight is 743 g/mol. The van der Waals surface area contributed by atoms with Crippen molar-refractivity contribution in [2.75, 3.05) is 54.6 Å². The molecule has 0 radical (unpaired) electrons. The summed E-state index contributed by atoms with van der Waals surface area (Å²) in [4.78, 5) is 4.30. The number of likely N-dealkylation sites (N-methyl/N-ethyl adjacent to an activating group) is 2. The molecule has 2 unspecified atom stereocenters. The van der Waals surface area contributed by atoms with E-state index >= 15 is 0 Å². The van der Waals surface area contributed by atoms with E-state index in [4.69, 9.17) is 19.3 Å². The van der Waals surface area contributed by atoms with Gasteiger partial charge in [-0.3, -0.25) is 9.80 Å². The number of methoxy groups -OCH3 is 2. The molecule has 0 aromatic heterocycles. The Morgan fingerprint density at radius 3 is 2.36 bits per heavy atom. The minimum Gasteiger partial charge on any atom is -0.497 e. The summed E-state index contributed by atoms with van der Waals surface area (Å²) in [6.07, 6.45) is -0.775. The zero-order chi connectivity index (χ0) is 32.3. The molecule has 1 aliphatic rings. The summed E-state index contributed by atoms with van der Waals surface area (Å²) in [5.41, 5.74) is 6.31. The molecule has 0 spiro atoms. The van der Waals surface area contributed by atoms with Crippen LogP contribution >= 0.6 is 31.9 Å². The van der Waals surface area contributed by atoms with Crippen LogP contribution in [0, 0.1) is 0 Å². The number of nitrogens with zero attached hydrogens (tertiary/aromatic N) is 2. The SMILES string of the molecule is COc1cccc(C(O)c2ccc(Br)cc2CN(C)CCO)c1.COc1cccc(C2OCCN(C)Cc3cc(Br)ccc32)c1. The summed E-state index contributed by atoms with van der Waals surface area (Å²) < 4.78 is 18.8. The van der Waals surface area contributed by atoms with Crippen molar-refractivity contribution in [2.24, 2.45) is 0 Å². The molecule has 0 amide bonds. The van der Waals surface area contributed by atoms with E-state index in [1.54, 1.807) is 14.2 Å². The van der Waals surface area contributed by atoms with Gasteiger partial charge in [0.25, 0.3) is 0 Å². The predicted molar refractivity (Wildman–Crippen MR) is 186 cm³/mol. The molecule has 0 fully saturated rings. The Kier molecular flexibility index (Phi) is 13.4. The highest BCUT2D eigenvalue weighted by atomic mass is 79.9. The van der Waals surface area contributed by atoms with Crippen LogP contribution in [-0.4, -0.2) is 74.6 Å². The smallest absolute Gasteiger partial charge is 0.119 e. The maximum absolute atomic E-state index is 10.8. The summed E-state index contributed by atoms with van der Waals surface area (Å²) >= 11 is 7.06. The zero-order valence-corrected chi connectivity index (χ0v) is 29.4. The van der Waals surface area contributed by atoms with E-state index in [0.717, 1.165) is 55.8 Å². The molecule has 0 saturated carbocycles. The van der Waals surface area contributed by atoms with E-state index in [-0.39, 0.29) is 12.7 Å². The second kappa shape index (κ2) is 17.2. The van der Waals surface area contributed by atoms with Crippen molar-refractivity contribution < 1.29 is 24.4 Å². The molecule has 2 atom stereocenters. The molecule has 0 bridgehead atoms. The summed E-state index contributed by atoms with van der Waals surface area (Å²) in [6, 6.07) is 27.9. The highest BCUT2D eigenvalue weighted by molar-refractivity contribution is 9.10. The first kappa shape index (κ1) is 35.1. The van der Waals surface area contributed by atoms with Crippen LogP contribution in [0.5, 0.6) is 11.5 Å². The van der Waals surface area contributed by atoms with Gasteiger partial charge in [-0.25, -0.2) is 0 Å². The lowest BCUT2D eigenvalue weighted by Crippen LogP contribution is -2.27. The third-order valence-electron chi connectivity index (χ3n) is 7.71. The van der Waals surface area contributed by atoms with Crippen LogP contribution in [-0.2, 0) is 17.8 Å². The van der Waals surface area contributed by atoms with Crippen molar-refractivity contribution in [3.8, 4) is 11.5 Å². The number of halogens is 2. The topological polar surface area (TPSA) is 74.6 Å². The summed E-state index contributed by atoms with van der Waals surface area (Å²) in [5, 5.41) is 19.9. The van der Waals surface area contributed by atoms with Crippen molar-refractivity contribution in [3.63, 3.8) is 0 Å². The number of rotatable bonds is 9. The van der Waals surface area contributed by atoms with Crippen LogP contribution in [0.1, 0.15) is 45.6 Å². The number of aliphatic hydroxyl groups is 2. The molecule has 9 heteroatoms. The van der Waals surface area contributed by atoms with Crippen molar-refractivity contribution in [1.29, 1.82) is 0 Å². The molecule has 4 aromatic carbocycles. The molecular weight excluding hydrogens is 700 g/mol. The zero-order valence-electron chi connectivity index (χ0n) is 26.2. The number of hydrogen-bond acceptors (Lipinski definition) is 7. The molecule has 0 saturated heterocycles. The van der Waals surface area contributed by atoms with Gasteiger partial charge in [-0.1, -0.05) is 68.3 Å². The average Bonchev–Trinajstić information content (AvgIpc) is 3.03. The van der Waals surface area contributed by atoms with Gasteiger partial charge in [-0.05, 0) is 96.0 Å². The highest BCUT2D eigenvalue weighted by Crippen LogP contribution is 2.34. The molecule has 2 N–H and O–H groups in total. The molecule has 240 valence electrons. The van der Waals surface area contributed by atoms with E-state index < -0.39 is 6.10 Å². The van der Waals surface area contributed by atoms with Gasteiger partial charge in [-0.15, -0.1) is 0 Å². The number of benzene rings is 4. The van der Waals surface area contributed by atoms with Crippen LogP contribution in [0.25, 0.3) is 0 Å². The summed E-state index contributed by atoms with van der Waals surface area (Å²) in [6.45, 7) is 3.91. The van der Waals surface area contributed by atoms with Crippen LogP contribution in [0.4, 0.5) is 0 Å². The number of ether oxygens (including phenoxy) is 3. The van der Waals surface area contributed by atoms with E-state index in [9.17, 15) is 5.11 Å². The first-order valence-corrected chi connectivity index (χ1v) is 16.4. The summed E-state index contributed by atoms with van der Waals surface area (Å²) in [5.74, 6) is 1.58. The molecule has 5 rings (SSSR count). The lowest BCUT2D eigenvalue weighted by molar-refractivity contribution is 0.0552. The van der Waals surface area contributed by atoms with Crippen molar-refractivity contribution in [3.05, 3.63) is 127 Å². The quantitative estimate of drug-likeness (QED) is 0.192. The van der Waals surface area contributed by atoms with E-state index in [2.05, 4.69) is 74.1 Å². The third-order valence-corrected chi connectivity index (χ3v) is 8.70. The molecule has 0 aliphatic carbocycles. The minimum atomic E-state index is -0.726.